The highest BCUT2D eigenvalue weighted by Crippen LogP contribution is 2.13. The molecule has 2 atom stereocenters. The van der Waals surface area contributed by atoms with E-state index in [-0.39, 0.29) is 12.2 Å². The zero-order valence-corrected chi connectivity index (χ0v) is 5.59. The second-order valence-electron chi connectivity index (χ2n) is 2.34. The van der Waals surface area contributed by atoms with Gasteiger partial charge in [0.05, 0.1) is 0 Å². The molecule has 0 N–H and O–H groups in total. The Morgan fingerprint density at radius 3 is 2.11 bits per heavy atom. The van der Waals surface area contributed by atoms with Gasteiger partial charge in [-0.05, 0) is 13.8 Å². The van der Waals surface area contributed by atoms with Crippen LogP contribution in [0.25, 0.3) is 0 Å². The van der Waals surface area contributed by atoms with Gasteiger partial charge in [0.25, 0.3) is 0 Å². The SMILES string of the molecule is CC1CC(C)OC(=O)O1. The normalized spacial score (nSPS) is 35.1. The van der Waals surface area contributed by atoms with E-state index in [4.69, 9.17) is 9.47 Å². The fourth-order valence-electron chi connectivity index (χ4n) is 0.920. The van der Waals surface area contributed by atoms with Crippen molar-refractivity contribution in [2.75, 3.05) is 0 Å². The molecule has 0 saturated carbocycles. The van der Waals surface area contributed by atoms with Crippen molar-refractivity contribution >= 4 is 6.16 Å². The van der Waals surface area contributed by atoms with Crippen molar-refractivity contribution in [2.24, 2.45) is 0 Å². The molecule has 2 unspecified atom stereocenters. The van der Waals surface area contributed by atoms with Crippen molar-refractivity contribution in [1.29, 1.82) is 0 Å². The summed E-state index contributed by atoms with van der Waals surface area (Å²) >= 11 is 0. The Bertz CT molecular complexity index is 109. The Morgan fingerprint density at radius 1 is 1.33 bits per heavy atom. The zero-order valence-electron chi connectivity index (χ0n) is 5.59. The van der Waals surface area contributed by atoms with Crippen LogP contribution in [0, 0.1) is 0 Å². The van der Waals surface area contributed by atoms with Gasteiger partial charge >= 0.3 is 6.16 Å². The molecule has 52 valence electrons. The predicted octanol–water partition coefficient (Wildman–Crippen LogP) is 1.32. The summed E-state index contributed by atoms with van der Waals surface area (Å²) in [5, 5.41) is 0. The minimum absolute atomic E-state index is 0.0150. The molecule has 0 spiro atoms. The molecule has 0 amide bonds. The maximum absolute atomic E-state index is 10.4. The van der Waals surface area contributed by atoms with Crippen LogP contribution in [0.1, 0.15) is 20.3 Å². The third-order valence-corrected chi connectivity index (χ3v) is 1.26. The molecule has 0 aromatic rings. The highest BCUT2D eigenvalue weighted by Gasteiger charge is 2.22. The van der Waals surface area contributed by atoms with Crippen molar-refractivity contribution in [3.05, 3.63) is 0 Å². The lowest BCUT2D eigenvalue weighted by Gasteiger charge is -2.23. The van der Waals surface area contributed by atoms with Crippen LogP contribution in [0.4, 0.5) is 4.79 Å². The number of rotatable bonds is 0. The summed E-state index contributed by atoms with van der Waals surface area (Å²) in [7, 11) is 0. The molecule has 0 bridgehead atoms. The first-order chi connectivity index (χ1) is 4.18. The molecule has 1 fully saturated rings. The van der Waals surface area contributed by atoms with Gasteiger partial charge in [-0.2, -0.15) is 0 Å². The highest BCUT2D eigenvalue weighted by molar-refractivity contribution is 5.61. The van der Waals surface area contributed by atoms with Gasteiger partial charge in [0.1, 0.15) is 12.2 Å². The van der Waals surface area contributed by atoms with Crippen LogP contribution in [-0.4, -0.2) is 18.4 Å². The molecule has 1 heterocycles. The molecule has 1 rings (SSSR count). The first-order valence-corrected chi connectivity index (χ1v) is 3.05. The van der Waals surface area contributed by atoms with Gasteiger partial charge in [0.15, 0.2) is 0 Å². The van der Waals surface area contributed by atoms with E-state index in [1.165, 1.54) is 0 Å². The lowest BCUT2D eigenvalue weighted by molar-refractivity contribution is -0.0473. The quantitative estimate of drug-likeness (QED) is 0.464. The van der Waals surface area contributed by atoms with Crippen LogP contribution in [0.15, 0.2) is 0 Å². The molecule has 0 aromatic heterocycles. The van der Waals surface area contributed by atoms with Crippen LogP contribution in [-0.2, 0) is 9.47 Å². The number of hydrogen-bond donors (Lipinski definition) is 0. The summed E-state index contributed by atoms with van der Waals surface area (Å²) in [6.45, 7) is 3.72. The van der Waals surface area contributed by atoms with Crippen LogP contribution >= 0.6 is 0 Å². The monoisotopic (exact) mass is 130 g/mol. The average molecular weight is 130 g/mol. The first kappa shape index (κ1) is 6.39. The van der Waals surface area contributed by atoms with Gasteiger partial charge in [0.2, 0.25) is 0 Å². The summed E-state index contributed by atoms with van der Waals surface area (Å²) in [4.78, 5) is 10.4. The zero-order chi connectivity index (χ0) is 6.85. The fraction of sp³-hybridized carbons (Fsp3) is 0.833. The maximum atomic E-state index is 10.4. The van der Waals surface area contributed by atoms with Crippen LogP contribution in [0.5, 0.6) is 0 Å². The Balaban J connectivity index is 2.43. The lowest BCUT2D eigenvalue weighted by Crippen LogP contribution is -2.30. The first-order valence-electron chi connectivity index (χ1n) is 3.05. The lowest BCUT2D eigenvalue weighted by atomic mass is 10.2. The van der Waals surface area contributed by atoms with Crippen molar-refractivity contribution in [3.63, 3.8) is 0 Å². The van der Waals surface area contributed by atoms with E-state index in [0.717, 1.165) is 6.42 Å². The summed E-state index contributed by atoms with van der Waals surface area (Å²) in [6.07, 6.45) is 0.287. The second kappa shape index (κ2) is 2.25. The maximum Gasteiger partial charge on any atom is 0.508 e. The van der Waals surface area contributed by atoms with Crippen LogP contribution in [0.2, 0.25) is 0 Å². The molecule has 0 aliphatic carbocycles. The van der Waals surface area contributed by atoms with Gasteiger partial charge in [0, 0.05) is 6.42 Å². The van der Waals surface area contributed by atoms with Gasteiger partial charge in [-0.25, -0.2) is 4.79 Å². The van der Waals surface area contributed by atoms with E-state index in [2.05, 4.69) is 0 Å². The topological polar surface area (TPSA) is 35.5 Å². The minimum Gasteiger partial charge on any atom is -0.431 e. The second-order valence-corrected chi connectivity index (χ2v) is 2.34. The Kier molecular flexibility index (Phi) is 1.60. The highest BCUT2D eigenvalue weighted by atomic mass is 16.7. The van der Waals surface area contributed by atoms with Gasteiger partial charge in [-0.3, -0.25) is 0 Å². The van der Waals surface area contributed by atoms with Crippen molar-refractivity contribution in [1.82, 2.24) is 0 Å². The Morgan fingerprint density at radius 2 is 1.78 bits per heavy atom. The van der Waals surface area contributed by atoms with E-state index in [0.29, 0.717) is 0 Å². The number of carbonyl (C=O) groups excluding carboxylic acids is 1. The molecular formula is C6H10O3. The molecule has 9 heavy (non-hydrogen) atoms. The molecule has 0 radical (unpaired) electrons. The molecule has 1 aliphatic rings. The van der Waals surface area contributed by atoms with E-state index in [1.54, 1.807) is 0 Å². The molecule has 3 nitrogen and oxygen atoms in total. The van der Waals surface area contributed by atoms with E-state index < -0.39 is 6.16 Å². The number of ether oxygens (including phenoxy) is 2. The minimum atomic E-state index is -0.541. The van der Waals surface area contributed by atoms with E-state index >= 15 is 0 Å². The predicted molar refractivity (Wildman–Crippen MR) is 31.1 cm³/mol. The number of carbonyl (C=O) groups is 1. The Hall–Kier alpha value is -0.730. The van der Waals surface area contributed by atoms with Crippen molar-refractivity contribution < 1.29 is 14.3 Å². The molecule has 1 saturated heterocycles. The summed E-state index contributed by atoms with van der Waals surface area (Å²) in [5.41, 5.74) is 0. The third-order valence-electron chi connectivity index (χ3n) is 1.26. The molecule has 0 aromatic carbocycles. The Labute approximate surface area is 53.9 Å². The van der Waals surface area contributed by atoms with Gasteiger partial charge in [-0.15, -0.1) is 0 Å². The molecule has 3 heteroatoms. The largest absolute Gasteiger partial charge is 0.508 e. The summed E-state index contributed by atoms with van der Waals surface area (Å²) in [6, 6.07) is 0. The van der Waals surface area contributed by atoms with Crippen LogP contribution < -0.4 is 0 Å². The van der Waals surface area contributed by atoms with Gasteiger partial charge in [-0.1, -0.05) is 0 Å². The molecular weight excluding hydrogens is 120 g/mol. The summed E-state index contributed by atoms with van der Waals surface area (Å²) in [5.74, 6) is 0. The molecule has 1 aliphatic heterocycles. The van der Waals surface area contributed by atoms with Crippen molar-refractivity contribution in [2.45, 2.75) is 32.5 Å². The fourth-order valence-corrected chi connectivity index (χ4v) is 0.920. The number of cyclic esters (lactones) is 2. The van der Waals surface area contributed by atoms with E-state index in [1.807, 2.05) is 13.8 Å². The van der Waals surface area contributed by atoms with E-state index in [9.17, 15) is 4.79 Å². The van der Waals surface area contributed by atoms with Crippen molar-refractivity contribution in [3.8, 4) is 0 Å². The number of hydrogen-bond acceptors (Lipinski definition) is 3. The average Bonchev–Trinajstić information content (AvgIpc) is 1.59. The van der Waals surface area contributed by atoms with Crippen LogP contribution in [0.3, 0.4) is 0 Å². The smallest absolute Gasteiger partial charge is 0.431 e. The van der Waals surface area contributed by atoms with Gasteiger partial charge < -0.3 is 9.47 Å². The summed E-state index contributed by atoms with van der Waals surface area (Å²) < 4.78 is 9.39. The standard InChI is InChI=1S/C6H10O3/c1-4-3-5(2)9-6(7)8-4/h4-5H,3H2,1-2H3. The third kappa shape index (κ3) is 1.59.